The molecule has 1 aromatic rings. The monoisotopic (exact) mass is 340 g/mol. The minimum Gasteiger partial charge on any atom is -0.0622 e. The van der Waals surface area contributed by atoms with Gasteiger partial charge in [0.15, 0.2) is 0 Å². The van der Waals surface area contributed by atoms with Gasteiger partial charge in [0.25, 0.3) is 0 Å². The van der Waals surface area contributed by atoms with E-state index in [4.69, 9.17) is 0 Å². The van der Waals surface area contributed by atoms with E-state index in [0.29, 0.717) is 10.8 Å². The van der Waals surface area contributed by atoms with Gasteiger partial charge in [0.05, 0.1) is 0 Å². The summed E-state index contributed by atoms with van der Waals surface area (Å²) in [6.45, 7) is 12.5. The van der Waals surface area contributed by atoms with Crippen molar-refractivity contribution in [1.29, 1.82) is 0 Å². The lowest BCUT2D eigenvalue weighted by Gasteiger charge is -2.48. The van der Waals surface area contributed by atoms with E-state index in [9.17, 15) is 0 Å². The summed E-state index contributed by atoms with van der Waals surface area (Å²) < 4.78 is 0. The van der Waals surface area contributed by atoms with Crippen molar-refractivity contribution in [2.24, 2.45) is 28.6 Å². The molecule has 1 aromatic carbocycles. The Labute approximate surface area is 156 Å². The zero-order valence-electron chi connectivity index (χ0n) is 17.4. The van der Waals surface area contributed by atoms with Gasteiger partial charge in [-0.15, -0.1) is 0 Å². The van der Waals surface area contributed by atoms with Crippen LogP contribution in [0.5, 0.6) is 0 Å². The second-order valence-electron chi connectivity index (χ2n) is 10.7. The van der Waals surface area contributed by atoms with Crippen molar-refractivity contribution in [2.75, 3.05) is 0 Å². The molecule has 0 aliphatic heterocycles. The highest BCUT2D eigenvalue weighted by Gasteiger charge is 2.41. The third-order valence-electron chi connectivity index (χ3n) is 8.05. The Hall–Kier alpha value is -0.780. The second kappa shape index (κ2) is 7.45. The molecule has 3 rings (SSSR count). The maximum Gasteiger partial charge on any atom is -0.0162 e. The predicted molar refractivity (Wildman–Crippen MR) is 110 cm³/mol. The van der Waals surface area contributed by atoms with Crippen LogP contribution in [0.25, 0.3) is 0 Å². The third kappa shape index (κ3) is 4.32. The van der Waals surface area contributed by atoms with Gasteiger partial charge < -0.3 is 0 Å². The summed E-state index contributed by atoms with van der Waals surface area (Å²) in [5.41, 5.74) is 2.61. The highest BCUT2D eigenvalue weighted by atomic mass is 14.5. The van der Waals surface area contributed by atoms with Gasteiger partial charge >= 0.3 is 0 Å². The van der Waals surface area contributed by atoms with Crippen LogP contribution in [0.4, 0.5) is 0 Å². The Balaban J connectivity index is 1.55. The summed E-state index contributed by atoms with van der Waals surface area (Å²) in [5.74, 6) is 3.63. The molecule has 0 saturated heterocycles. The molecule has 0 unspecified atom stereocenters. The van der Waals surface area contributed by atoms with Crippen molar-refractivity contribution in [3.05, 3.63) is 35.9 Å². The van der Waals surface area contributed by atoms with Crippen molar-refractivity contribution in [2.45, 2.75) is 91.9 Å². The topological polar surface area (TPSA) is 0 Å². The molecule has 0 atom stereocenters. The number of benzene rings is 1. The van der Waals surface area contributed by atoms with E-state index in [1.54, 1.807) is 5.56 Å². The average Bonchev–Trinajstić information content (AvgIpc) is 2.62. The Morgan fingerprint density at radius 2 is 1.04 bits per heavy atom. The third-order valence-corrected chi connectivity index (χ3v) is 8.05. The fourth-order valence-corrected chi connectivity index (χ4v) is 5.93. The first-order valence-electron chi connectivity index (χ1n) is 10.8. The van der Waals surface area contributed by atoms with Crippen LogP contribution in [-0.4, -0.2) is 0 Å². The number of hydrogen-bond donors (Lipinski definition) is 0. The Morgan fingerprint density at radius 3 is 1.52 bits per heavy atom. The molecule has 0 N–H and O–H groups in total. The smallest absolute Gasteiger partial charge is 0.0162 e. The molecule has 0 heteroatoms. The summed E-state index contributed by atoms with van der Waals surface area (Å²) in [6.07, 6.45) is 11.5. The van der Waals surface area contributed by atoms with Crippen LogP contribution in [0.2, 0.25) is 0 Å². The molecule has 0 heterocycles. The molecule has 0 spiro atoms. The number of rotatable bonds is 3. The molecule has 2 aliphatic carbocycles. The average molecular weight is 341 g/mol. The number of hydrogen-bond acceptors (Lipinski definition) is 0. The van der Waals surface area contributed by atoms with E-state index < -0.39 is 0 Å². The van der Waals surface area contributed by atoms with Gasteiger partial charge in [-0.3, -0.25) is 0 Å². The quantitative estimate of drug-likeness (QED) is 0.525. The Kier molecular flexibility index (Phi) is 5.66. The predicted octanol–water partition coefficient (Wildman–Crippen LogP) is 7.84. The molecule has 25 heavy (non-hydrogen) atoms. The molecule has 0 bridgehead atoms. The lowest BCUT2D eigenvalue weighted by atomic mass is 9.57. The highest BCUT2D eigenvalue weighted by molar-refractivity contribution is 5.20. The van der Waals surface area contributed by atoms with E-state index in [-0.39, 0.29) is 0 Å². The van der Waals surface area contributed by atoms with Gasteiger partial charge in [-0.2, -0.15) is 0 Å². The fourth-order valence-electron chi connectivity index (χ4n) is 5.93. The maximum atomic E-state index is 2.60. The minimum absolute atomic E-state index is 0.503. The molecule has 2 saturated carbocycles. The zero-order chi connectivity index (χ0) is 18.1. The fraction of sp³-hybridized carbons (Fsp3) is 0.760. The van der Waals surface area contributed by atoms with E-state index in [0.717, 1.165) is 23.7 Å². The van der Waals surface area contributed by atoms with E-state index in [1.807, 2.05) is 0 Å². The lowest BCUT2D eigenvalue weighted by Crippen LogP contribution is -2.38. The standard InChI is InChI=1S/C25H40/c1-24(2,3)21-15-17-23(18-16-21)25(4,5)22-13-11-20(12-14-22)19-9-7-6-8-10-19/h6-10,20-23H,11-18H2,1-5H3. The highest BCUT2D eigenvalue weighted by Crippen LogP contribution is 2.52. The SMILES string of the molecule is CC(C)(C)C1CCC(C(C)(C)C2CCC(c3ccccc3)CC2)CC1. The van der Waals surface area contributed by atoms with Gasteiger partial charge in [0.1, 0.15) is 0 Å². The molecule has 0 nitrogen and oxygen atoms in total. The molecule has 0 radical (unpaired) electrons. The first-order valence-corrected chi connectivity index (χ1v) is 10.8. The molecular formula is C25H40. The first-order chi connectivity index (χ1) is 11.8. The van der Waals surface area contributed by atoms with Crippen molar-refractivity contribution < 1.29 is 0 Å². The molecular weight excluding hydrogens is 300 g/mol. The largest absolute Gasteiger partial charge is 0.0622 e. The lowest BCUT2D eigenvalue weighted by molar-refractivity contribution is 0.0284. The Bertz CT molecular complexity index is 517. The van der Waals surface area contributed by atoms with Crippen LogP contribution in [-0.2, 0) is 0 Å². The zero-order valence-corrected chi connectivity index (χ0v) is 17.4. The van der Waals surface area contributed by atoms with Crippen LogP contribution in [0, 0.1) is 28.6 Å². The van der Waals surface area contributed by atoms with Crippen molar-refractivity contribution in [3.63, 3.8) is 0 Å². The van der Waals surface area contributed by atoms with Gasteiger partial charge in [-0.1, -0.05) is 65.0 Å². The summed E-state index contributed by atoms with van der Waals surface area (Å²) in [4.78, 5) is 0. The van der Waals surface area contributed by atoms with E-state index >= 15 is 0 Å². The molecule has 140 valence electrons. The second-order valence-corrected chi connectivity index (χ2v) is 10.7. The van der Waals surface area contributed by atoms with Gasteiger partial charge in [0.2, 0.25) is 0 Å². The molecule has 2 aliphatic rings. The van der Waals surface area contributed by atoms with Crippen molar-refractivity contribution in [3.8, 4) is 0 Å². The van der Waals surface area contributed by atoms with Gasteiger partial charge in [-0.05, 0) is 91.4 Å². The summed E-state index contributed by atoms with van der Waals surface area (Å²) in [7, 11) is 0. The summed E-state index contributed by atoms with van der Waals surface area (Å²) >= 11 is 0. The van der Waals surface area contributed by atoms with Crippen LogP contribution in [0.1, 0.15) is 97.5 Å². The van der Waals surface area contributed by atoms with Crippen LogP contribution in [0.3, 0.4) is 0 Å². The maximum absolute atomic E-state index is 2.60. The van der Waals surface area contributed by atoms with E-state index in [1.165, 1.54) is 51.4 Å². The molecule has 0 amide bonds. The minimum atomic E-state index is 0.503. The van der Waals surface area contributed by atoms with Gasteiger partial charge in [-0.25, -0.2) is 0 Å². The van der Waals surface area contributed by atoms with Crippen molar-refractivity contribution in [1.82, 2.24) is 0 Å². The molecule has 0 aromatic heterocycles. The van der Waals surface area contributed by atoms with Crippen LogP contribution >= 0.6 is 0 Å². The normalized spacial score (nSPS) is 31.7. The summed E-state index contributed by atoms with van der Waals surface area (Å²) in [6, 6.07) is 11.2. The van der Waals surface area contributed by atoms with Crippen molar-refractivity contribution >= 4 is 0 Å². The van der Waals surface area contributed by atoms with Crippen LogP contribution in [0.15, 0.2) is 30.3 Å². The first kappa shape index (κ1) is 19.0. The Morgan fingerprint density at radius 1 is 0.600 bits per heavy atom. The molecule has 2 fully saturated rings. The van der Waals surface area contributed by atoms with E-state index in [2.05, 4.69) is 65.0 Å². The summed E-state index contributed by atoms with van der Waals surface area (Å²) in [5, 5.41) is 0. The van der Waals surface area contributed by atoms with Gasteiger partial charge in [0, 0.05) is 0 Å². The van der Waals surface area contributed by atoms with Crippen LogP contribution < -0.4 is 0 Å².